The summed E-state index contributed by atoms with van der Waals surface area (Å²) in [6, 6.07) is 0. The number of carbonyl (C=O) groups is 1. The molecule has 0 bridgehead atoms. The third-order valence-corrected chi connectivity index (χ3v) is 1.60. The van der Waals surface area contributed by atoms with E-state index < -0.39 is 5.97 Å². The van der Waals surface area contributed by atoms with E-state index in [-0.39, 0.29) is 5.69 Å². The normalized spacial score (nSPS) is 10.8. The number of hydrogen-bond donors (Lipinski definition) is 2. The highest BCUT2D eigenvalue weighted by molar-refractivity contribution is 5.84. The van der Waals surface area contributed by atoms with Gasteiger partial charge in [0.1, 0.15) is 6.26 Å². The molecule has 0 saturated heterocycles. The van der Waals surface area contributed by atoms with E-state index >= 15 is 0 Å². The number of hydrogen-bond acceptors (Lipinski definition) is 4. The van der Waals surface area contributed by atoms with E-state index in [9.17, 15) is 4.79 Å². The van der Waals surface area contributed by atoms with Gasteiger partial charge < -0.3 is 14.8 Å². The van der Waals surface area contributed by atoms with Crippen molar-refractivity contribution in [2.75, 3.05) is 6.54 Å². The molecular formula is C9H14N2O3. The zero-order valence-electron chi connectivity index (χ0n) is 8.28. The lowest BCUT2D eigenvalue weighted by Crippen LogP contribution is -2.19. The molecule has 0 spiro atoms. The van der Waals surface area contributed by atoms with Crippen LogP contribution in [0.1, 0.15) is 30.2 Å². The first-order chi connectivity index (χ1) is 6.59. The molecule has 14 heavy (non-hydrogen) atoms. The van der Waals surface area contributed by atoms with Crippen LogP contribution in [0.4, 0.5) is 0 Å². The van der Waals surface area contributed by atoms with Gasteiger partial charge in [0, 0.05) is 0 Å². The van der Waals surface area contributed by atoms with Crippen molar-refractivity contribution < 1.29 is 14.3 Å². The van der Waals surface area contributed by atoms with Gasteiger partial charge in [-0.25, -0.2) is 9.78 Å². The Morgan fingerprint density at radius 1 is 1.71 bits per heavy atom. The SMILES string of the molecule is CC(C)CNCc1nc(C(=O)O)co1. The van der Waals surface area contributed by atoms with E-state index in [1.807, 2.05) is 0 Å². The van der Waals surface area contributed by atoms with E-state index in [2.05, 4.69) is 24.1 Å². The Balaban J connectivity index is 2.40. The number of rotatable bonds is 5. The maximum absolute atomic E-state index is 10.5. The first-order valence-corrected chi connectivity index (χ1v) is 4.48. The lowest BCUT2D eigenvalue weighted by molar-refractivity contribution is 0.0690. The van der Waals surface area contributed by atoms with Crippen LogP contribution in [0.5, 0.6) is 0 Å². The molecule has 0 aromatic carbocycles. The van der Waals surface area contributed by atoms with Crippen molar-refractivity contribution in [3.8, 4) is 0 Å². The van der Waals surface area contributed by atoms with Gasteiger partial charge in [-0.3, -0.25) is 0 Å². The van der Waals surface area contributed by atoms with Crippen molar-refractivity contribution >= 4 is 5.97 Å². The Labute approximate surface area is 82.1 Å². The average molecular weight is 198 g/mol. The van der Waals surface area contributed by atoms with Crippen LogP contribution in [0.25, 0.3) is 0 Å². The van der Waals surface area contributed by atoms with E-state index in [1.54, 1.807) is 0 Å². The lowest BCUT2D eigenvalue weighted by Gasteiger charge is -2.03. The number of aromatic carboxylic acids is 1. The van der Waals surface area contributed by atoms with E-state index in [4.69, 9.17) is 9.52 Å². The van der Waals surface area contributed by atoms with Crippen molar-refractivity contribution in [1.82, 2.24) is 10.3 Å². The molecule has 1 rings (SSSR count). The van der Waals surface area contributed by atoms with Crippen LogP contribution in [0.15, 0.2) is 10.7 Å². The molecule has 0 aliphatic heterocycles. The summed E-state index contributed by atoms with van der Waals surface area (Å²) in [6.07, 6.45) is 1.15. The van der Waals surface area contributed by atoms with Crippen LogP contribution in [-0.2, 0) is 6.54 Å². The Kier molecular flexibility index (Phi) is 3.64. The summed E-state index contributed by atoms with van der Waals surface area (Å²) in [6.45, 7) is 5.49. The van der Waals surface area contributed by atoms with E-state index in [0.29, 0.717) is 18.4 Å². The number of oxazole rings is 1. The topological polar surface area (TPSA) is 75.4 Å². The van der Waals surface area contributed by atoms with Gasteiger partial charge >= 0.3 is 5.97 Å². The van der Waals surface area contributed by atoms with Gasteiger partial charge in [-0.05, 0) is 12.5 Å². The van der Waals surface area contributed by atoms with Crippen LogP contribution in [-0.4, -0.2) is 22.6 Å². The first kappa shape index (κ1) is 10.7. The molecule has 1 aromatic rings. The largest absolute Gasteiger partial charge is 0.476 e. The predicted molar refractivity (Wildman–Crippen MR) is 50.0 cm³/mol. The highest BCUT2D eigenvalue weighted by Gasteiger charge is 2.09. The molecule has 2 N–H and O–H groups in total. The fraction of sp³-hybridized carbons (Fsp3) is 0.556. The monoisotopic (exact) mass is 198 g/mol. The second-order valence-corrected chi connectivity index (χ2v) is 3.46. The molecule has 5 nitrogen and oxygen atoms in total. The van der Waals surface area contributed by atoms with Crippen LogP contribution in [0, 0.1) is 5.92 Å². The van der Waals surface area contributed by atoms with Crippen molar-refractivity contribution in [3.63, 3.8) is 0 Å². The molecule has 0 unspecified atom stereocenters. The van der Waals surface area contributed by atoms with Crippen molar-refractivity contribution in [3.05, 3.63) is 17.8 Å². The number of aromatic nitrogens is 1. The van der Waals surface area contributed by atoms with Gasteiger partial charge in [-0.1, -0.05) is 13.8 Å². The zero-order chi connectivity index (χ0) is 10.6. The van der Waals surface area contributed by atoms with Crippen molar-refractivity contribution in [2.45, 2.75) is 20.4 Å². The van der Waals surface area contributed by atoms with Gasteiger partial charge in [0.15, 0.2) is 5.69 Å². The smallest absolute Gasteiger partial charge is 0.357 e. The second kappa shape index (κ2) is 4.76. The minimum absolute atomic E-state index is 0.0497. The van der Waals surface area contributed by atoms with E-state index in [1.165, 1.54) is 0 Å². The van der Waals surface area contributed by atoms with Gasteiger partial charge in [0.05, 0.1) is 6.54 Å². The van der Waals surface area contributed by atoms with Crippen LogP contribution in [0.2, 0.25) is 0 Å². The van der Waals surface area contributed by atoms with Crippen LogP contribution < -0.4 is 5.32 Å². The predicted octanol–water partition coefficient (Wildman–Crippen LogP) is 1.12. The van der Waals surface area contributed by atoms with Crippen molar-refractivity contribution in [2.24, 2.45) is 5.92 Å². The molecule has 0 amide bonds. The summed E-state index contributed by atoms with van der Waals surface area (Å²) in [5, 5.41) is 11.7. The van der Waals surface area contributed by atoms with Gasteiger partial charge in [-0.2, -0.15) is 0 Å². The molecule has 0 aliphatic rings. The maximum Gasteiger partial charge on any atom is 0.357 e. The summed E-state index contributed by atoms with van der Waals surface area (Å²) in [5.74, 6) is -0.115. The molecule has 0 radical (unpaired) electrons. The Hall–Kier alpha value is -1.36. The van der Waals surface area contributed by atoms with Gasteiger partial charge in [0.2, 0.25) is 5.89 Å². The lowest BCUT2D eigenvalue weighted by atomic mass is 10.2. The number of carboxylic acid groups (broad SMARTS) is 1. The van der Waals surface area contributed by atoms with Gasteiger partial charge in [-0.15, -0.1) is 0 Å². The maximum atomic E-state index is 10.5. The highest BCUT2D eigenvalue weighted by atomic mass is 16.4. The summed E-state index contributed by atoms with van der Waals surface area (Å²) < 4.78 is 4.95. The summed E-state index contributed by atoms with van der Waals surface area (Å²) >= 11 is 0. The fourth-order valence-electron chi connectivity index (χ4n) is 0.958. The Morgan fingerprint density at radius 3 is 2.93 bits per heavy atom. The quantitative estimate of drug-likeness (QED) is 0.741. The minimum atomic E-state index is -1.07. The zero-order valence-corrected chi connectivity index (χ0v) is 8.28. The third kappa shape index (κ3) is 3.18. The number of nitrogens with zero attached hydrogens (tertiary/aromatic N) is 1. The Morgan fingerprint density at radius 2 is 2.43 bits per heavy atom. The fourth-order valence-corrected chi connectivity index (χ4v) is 0.958. The molecule has 5 heteroatoms. The van der Waals surface area contributed by atoms with Crippen LogP contribution >= 0.6 is 0 Å². The summed E-state index contributed by atoms with van der Waals surface area (Å²) in [7, 11) is 0. The first-order valence-electron chi connectivity index (χ1n) is 4.48. The molecule has 0 aliphatic carbocycles. The van der Waals surface area contributed by atoms with E-state index in [0.717, 1.165) is 12.8 Å². The van der Waals surface area contributed by atoms with Crippen molar-refractivity contribution in [1.29, 1.82) is 0 Å². The highest BCUT2D eigenvalue weighted by Crippen LogP contribution is 2.01. The molecular weight excluding hydrogens is 184 g/mol. The molecule has 0 saturated carbocycles. The number of nitrogens with one attached hydrogen (secondary N) is 1. The molecule has 0 fully saturated rings. The summed E-state index contributed by atoms with van der Waals surface area (Å²) in [4.78, 5) is 14.2. The average Bonchev–Trinajstić information content (AvgIpc) is 2.52. The molecule has 0 atom stereocenters. The summed E-state index contributed by atoms with van der Waals surface area (Å²) in [5.41, 5.74) is -0.0497. The van der Waals surface area contributed by atoms with Gasteiger partial charge in [0.25, 0.3) is 0 Å². The second-order valence-electron chi connectivity index (χ2n) is 3.46. The van der Waals surface area contributed by atoms with Crippen LogP contribution in [0.3, 0.4) is 0 Å². The molecule has 1 heterocycles. The minimum Gasteiger partial charge on any atom is -0.476 e. The molecule has 1 aromatic heterocycles. The number of carboxylic acids is 1. The molecule has 78 valence electrons. The Bertz CT molecular complexity index is 307. The standard InChI is InChI=1S/C9H14N2O3/c1-6(2)3-10-4-8-11-7(5-14-8)9(12)13/h5-6,10H,3-4H2,1-2H3,(H,12,13). The third-order valence-electron chi connectivity index (χ3n) is 1.60.